The van der Waals surface area contributed by atoms with Gasteiger partial charge in [0.05, 0.1) is 11.5 Å². The van der Waals surface area contributed by atoms with Gasteiger partial charge in [-0.25, -0.2) is 12.8 Å². The highest BCUT2D eigenvalue weighted by Gasteiger charge is 2.28. The molecule has 6 heteroatoms. The minimum Gasteiger partial charge on any atom is -0.398 e. The first-order valence-corrected chi connectivity index (χ1v) is 7.58. The first kappa shape index (κ1) is 11.7. The van der Waals surface area contributed by atoms with Gasteiger partial charge in [0, 0.05) is 15.8 Å². The highest BCUT2D eigenvalue weighted by atomic mass is 32.2. The van der Waals surface area contributed by atoms with E-state index >= 15 is 0 Å². The highest BCUT2D eigenvalue weighted by molar-refractivity contribution is 8.02. The quantitative estimate of drug-likeness (QED) is 0.823. The number of hydrogen-bond acceptors (Lipinski definition) is 4. The summed E-state index contributed by atoms with van der Waals surface area (Å²) in [4.78, 5) is 0.753. The number of hydrogen-bond donors (Lipinski definition) is 1. The van der Waals surface area contributed by atoms with Crippen molar-refractivity contribution in [1.82, 2.24) is 0 Å². The van der Waals surface area contributed by atoms with Gasteiger partial charge >= 0.3 is 0 Å². The Morgan fingerprint density at radius 2 is 2.19 bits per heavy atom. The predicted molar refractivity (Wildman–Crippen MR) is 63.7 cm³/mol. The number of anilines is 1. The van der Waals surface area contributed by atoms with Crippen LogP contribution < -0.4 is 5.73 Å². The number of benzene rings is 1. The number of sulfone groups is 1. The molecule has 2 N–H and O–H groups in total. The van der Waals surface area contributed by atoms with Crippen LogP contribution >= 0.6 is 11.8 Å². The molecule has 1 aliphatic heterocycles. The van der Waals surface area contributed by atoms with Crippen LogP contribution in [0.5, 0.6) is 0 Å². The molecule has 1 aromatic carbocycles. The van der Waals surface area contributed by atoms with Gasteiger partial charge < -0.3 is 5.73 Å². The molecule has 16 heavy (non-hydrogen) atoms. The van der Waals surface area contributed by atoms with E-state index in [0.717, 1.165) is 4.90 Å². The third-order valence-corrected chi connectivity index (χ3v) is 5.80. The molecule has 1 atom stereocenters. The van der Waals surface area contributed by atoms with Gasteiger partial charge in [-0.15, -0.1) is 11.8 Å². The summed E-state index contributed by atoms with van der Waals surface area (Å²) in [5.74, 6) is 0.0566. The first-order valence-electron chi connectivity index (χ1n) is 4.88. The van der Waals surface area contributed by atoms with Crippen LogP contribution in [0, 0.1) is 5.82 Å². The maximum atomic E-state index is 12.8. The van der Waals surface area contributed by atoms with Crippen LogP contribution in [0.25, 0.3) is 0 Å². The summed E-state index contributed by atoms with van der Waals surface area (Å²) in [6.07, 6.45) is 0.643. The van der Waals surface area contributed by atoms with Gasteiger partial charge in [0.1, 0.15) is 5.82 Å². The van der Waals surface area contributed by atoms with Crippen molar-refractivity contribution in [3.8, 4) is 0 Å². The molecule has 0 bridgehead atoms. The SMILES string of the molecule is Nc1cc(F)ccc1SC1CCS(=O)(=O)C1. The van der Waals surface area contributed by atoms with Gasteiger partial charge in [-0.1, -0.05) is 0 Å². The average Bonchev–Trinajstić information content (AvgIpc) is 2.51. The topological polar surface area (TPSA) is 60.2 Å². The van der Waals surface area contributed by atoms with Crippen molar-refractivity contribution < 1.29 is 12.8 Å². The molecule has 0 spiro atoms. The Labute approximate surface area is 98.1 Å². The maximum Gasteiger partial charge on any atom is 0.151 e. The number of halogens is 1. The molecule has 1 fully saturated rings. The average molecular weight is 261 g/mol. The van der Waals surface area contributed by atoms with Gasteiger partial charge in [0.15, 0.2) is 9.84 Å². The van der Waals surface area contributed by atoms with Crippen molar-refractivity contribution in [2.75, 3.05) is 17.2 Å². The van der Waals surface area contributed by atoms with Crippen molar-refractivity contribution in [3.63, 3.8) is 0 Å². The highest BCUT2D eigenvalue weighted by Crippen LogP contribution is 2.34. The predicted octanol–water partition coefficient (Wildman–Crippen LogP) is 1.69. The molecule has 1 heterocycles. The summed E-state index contributed by atoms with van der Waals surface area (Å²) in [5.41, 5.74) is 6.03. The molecule has 0 saturated carbocycles. The number of nitrogens with two attached hydrogens (primary N) is 1. The van der Waals surface area contributed by atoms with E-state index in [1.807, 2.05) is 0 Å². The molecule has 3 nitrogen and oxygen atoms in total. The third-order valence-electron chi connectivity index (χ3n) is 2.46. The Kier molecular flexibility index (Phi) is 3.12. The van der Waals surface area contributed by atoms with Crippen molar-refractivity contribution in [3.05, 3.63) is 24.0 Å². The molecule has 1 saturated heterocycles. The second-order valence-corrected chi connectivity index (χ2v) is 7.40. The fourth-order valence-corrected chi connectivity index (χ4v) is 5.18. The Hall–Kier alpha value is -0.750. The van der Waals surface area contributed by atoms with Crippen LogP contribution in [0.1, 0.15) is 6.42 Å². The lowest BCUT2D eigenvalue weighted by Gasteiger charge is -2.09. The zero-order valence-electron chi connectivity index (χ0n) is 8.52. The van der Waals surface area contributed by atoms with E-state index in [1.54, 1.807) is 6.07 Å². The van der Waals surface area contributed by atoms with Crippen molar-refractivity contribution >= 4 is 27.3 Å². The molecule has 0 radical (unpaired) electrons. The van der Waals surface area contributed by atoms with E-state index in [1.165, 1.54) is 23.9 Å². The van der Waals surface area contributed by atoms with Crippen LogP contribution in [0.2, 0.25) is 0 Å². The van der Waals surface area contributed by atoms with Gasteiger partial charge in [-0.05, 0) is 24.6 Å². The normalized spacial score (nSPS) is 23.4. The zero-order valence-corrected chi connectivity index (χ0v) is 10.2. The molecule has 88 valence electrons. The van der Waals surface area contributed by atoms with E-state index < -0.39 is 9.84 Å². The Morgan fingerprint density at radius 1 is 1.44 bits per heavy atom. The van der Waals surface area contributed by atoms with Crippen LogP contribution in [-0.2, 0) is 9.84 Å². The molecular formula is C10H12FNO2S2. The third kappa shape index (κ3) is 2.68. The van der Waals surface area contributed by atoms with E-state index in [-0.39, 0.29) is 22.6 Å². The van der Waals surface area contributed by atoms with Crippen LogP contribution in [0.3, 0.4) is 0 Å². The molecule has 0 aliphatic carbocycles. The van der Waals surface area contributed by atoms with Crippen LogP contribution in [0.15, 0.2) is 23.1 Å². The lowest BCUT2D eigenvalue weighted by atomic mass is 10.3. The molecule has 0 aromatic heterocycles. The molecular weight excluding hydrogens is 249 g/mol. The van der Waals surface area contributed by atoms with Crippen LogP contribution in [0.4, 0.5) is 10.1 Å². The summed E-state index contributed by atoms with van der Waals surface area (Å²) in [5, 5.41) is 0.0396. The second kappa shape index (κ2) is 4.25. The summed E-state index contributed by atoms with van der Waals surface area (Å²) < 4.78 is 35.3. The minimum atomic E-state index is -2.87. The summed E-state index contributed by atoms with van der Waals surface area (Å²) in [6, 6.07) is 4.19. The van der Waals surface area contributed by atoms with Crippen molar-refractivity contribution in [2.24, 2.45) is 0 Å². The molecule has 2 rings (SSSR count). The Morgan fingerprint density at radius 3 is 2.75 bits per heavy atom. The summed E-state index contributed by atoms with van der Waals surface area (Å²) in [7, 11) is -2.87. The second-order valence-electron chi connectivity index (χ2n) is 3.83. The van der Waals surface area contributed by atoms with E-state index in [9.17, 15) is 12.8 Å². The van der Waals surface area contributed by atoms with Gasteiger partial charge in [0.2, 0.25) is 0 Å². The number of rotatable bonds is 2. The van der Waals surface area contributed by atoms with Gasteiger partial charge in [-0.3, -0.25) is 0 Å². The Balaban J connectivity index is 2.11. The summed E-state index contributed by atoms with van der Waals surface area (Å²) >= 11 is 1.42. The zero-order chi connectivity index (χ0) is 11.8. The van der Waals surface area contributed by atoms with Gasteiger partial charge in [0.25, 0.3) is 0 Å². The molecule has 0 amide bonds. The minimum absolute atomic E-state index is 0.0396. The molecule has 1 unspecified atom stereocenters. The van der Waals surface area contributed by atoms with E-state index in [2.05, 4.69) is 0 Å². The monoisotopic (exact) mass is 261 g/mol. The molecule has 1 aromatic rings. The standard InChI is InChI=1S/C10H12FNO2S2/c11-7-1-2-10(9(12)5-7)15-8-3-4-16(13,14)6-8/h1-2,5,8H,3-4,6,12H2. The van der Waals surface area contributed by atoms with Crippen molar-refractivity contribution in [1.29, 1.82) is 0 Å². The first-order chi connectivity index (χ1) is 7.46. The van der Waals surface area contributed by atoms with E-state index in [4.69, 9.17) is 5.73 Å². The van der Waals surface area contributed by atoms with E-state index in [0.29, 0.717) is 12.1 Å². The van der Waals surface area contributed by atoms with Crippen LogP contribution in [-0.4, -0.2) is 25.2 Å². The fourth-order valence-electron chi connectivity index (χ4n) is 1.66. The smallest absolute Gasteiger partial charge is 0.151 e. The summed E-state index contributed by atoms with van der Waals surface area (Å²) in [6.45, 7) is 0. The van der Waals surface area contributed by atoms with Gasteiger partial charge in [-0.2, -0.15) is 0 Å². The fraction of sp³-hybridized carbons (Fsp3) is 0.400. The lowest BCUT2D eigenvalue weighted by Crippen LogP contribution is -2.06. The number of thioether (sulfide) groups is 1. The lowest BCUT2D eigenvalue weighted by molar-refractivity contribution is 0.602. The molecule has 1 aliphatic rings. The number of nitrogen functional groups attached to an aromatic ring is 1. The Bertz CT molecular complexity index is 502. The maximum absolute atomic E-state index is 12.8. The largest absolute Gasteiger partial charge is 0.398 e. The van der Waals surface area contributed by atoms with Crippen molar-refractivity contribution in [2.45, 2.75) is 16.6 Å².